The zero-order chi connectivity index (χ0) is 15.7. The third-order valence-corrected chi connectivity index (χ3v) is 5.99. The van der Waals surface area contributed by atoms with Gasteiger partial charge in [-0.25, -0.2) is 21.9 Å². The van der Waals surface area contributed by atoms with Crippen LogP contribution in [0.3, 0.4) is 0 Å². The van der Waals surface area contributed by atoms with Crippen LogP contribution in [-0.2, 0) is 10.0 Å². The van der Waals surface area contributed by atoms with Crippen LogP contribution in [0.1, 0.15) is 32.6 Å². The Morgan fingerprint density at radius 3 is 2.76 bits per heavy atom. The van der Waals surface area contributed by atoms with Crippen molar-refractivity contribution in [2.45, 2.75) is 43.0 Å². The van der Waals surface area contributed by atoms with E-state index in [2.05, 4.69) is 4.72 Å². The fourth-order valence-corrected chi connectivity index (χ4v) is 4.84. The van der Waals surface area contributed by atoms with Crippen molar-refractivity contribution in [3.63, 3.8) is 0 Å². The molecule has 118 valence electrons. The van der Waals surface area contributed by atoms with Crippen LogP contribution in [0.5, 0.6) is 0 Å². The van der Waals surface area contributed by atoms with Crippen LogP contribution in [-0.4, -0.2) is 19.8 Å². The summed E-state index contributed by atoms with van der Waals surface area (Å²) in [5, 5.41) is 0. The Labute approximate surface area is 128 Å². The molecule has 1 aromatic rings. The highest BCUT2D eigenvalue weighted by molar-refractivity contribution is 7.89. The lowest BCUT2D eigenvalue weighted by Crippen LogP contribution is -2.52. The Morgan fingerprint density at radius 1 is 1.43 bits per heavy atom. The van der Waals surface area contributed by atoms with Crippen molar-refractivity contribution in [1.29, 1.82) is 0 Å². The summed E-state index contributed by atoms with van der Waals surface area (Å²) >= 11 is 5.97. The van der Waals surface area contributed by atoms with Gasteiger partial charge in [-0.3, -0.25) is 0 Å². The van der Waals surface area contributed by atoms with Crippen molar-refractivity contribution in [1.82, 2.24) is 4.72 Å². The molecule has 2 rings (SSSR count). The number of nitrogens with one attached hydrogen (secondary N) is 1. The van der Waals surface area contributed by atoms with Gasteiger partial charge in [0.15, 0.2) is 0 Å². The Hall–Kier alpha value is -0.720. The van der Waals surface area contributed by atoms with Gasteiger partial charge in [-0.05, 0) is 37.0 Å². The highest BCUT2D eigenvalue weighted by Gasteiger charge is 2.38. The van der Waals surface area contributed by atoms with E-state index in [9.17, 15) is 17.2 Å². The molecule has 7 heteroatoms. The maximum atomic E-state index is 13.7. The number of alkyl halides is 1. The predicted molar refractivity (Wildman–Crippen MR) is 77.8 cm³/mol. The molecule has 1 saturated carbocycles. The van der Waals surface area contributed by atoms with Gasteiger partial charge in [-0.2, -0.15) is 0 Å². The molecule has 0 aliphatic heterocycles. The summed E-state index contributed by atoms with van der Waals surface area (Å²) in [6.45, 7) is 2.03. The molecule has 2 unspecified atom stereocenters. The van der Waals surface area contributed by atoms with E-state index in [1.165, 1.54) is 0 Å². The first-order valence-electron chi connectivity index (χ1n) is 6.83. The lowest BCUT2D eigenvalue weighted by molar-refractivity contribution is 0.239. The molecule has 21 heavy (non-hydrogen) atoms. The quantitative estimate of drug-likeness (QED) is 0.856. The van der Waals surface area contributed by atoms with Gasteiger partial charge in [0, 0.05) is 11.4 Å². The van der Waals surface area contributed by atoms with E-state index < -0.39 is 32.1 Å². The summed E-state index contributed by atoms with van der Waals surface area (Å²) in [6.07, 6.45) is 3.04. The van der Waals surface area contributed by atoms with Crippen LogP contribution in [0, 0.1) is 17.6 Å². The van der Waals surface area contributed by atoms with Crippen LogP contribution in [0.15, 0.2) is 23.1 Å². The second-order valence-electron chi connectivity index (χ2n) is 5.80. The summed E-state index contributed by atoms with van der Waals surface area (Å²) in [4.78, 5) is -0.676. The molecule has 0 saturated heterocycles. The van der Waals surface area contributed by atoms with E-state index >= 15 is 0 Å². The SMILES string of the molecule is CC1CCCC(CCl)(NS(=O)(=O)c2cc(F)ccc2F)C1. The molecule has 1 aromatic carbocycles. The van der Waals surface area contributed by atoms with Crippen LogP contribution >= 0.6 is 11.6 Å². The molecule has 1 N–H and O–H groups in total. The topological polar surface area (TPSA) is 46.2 Å². The van der Waals surface area contributed by atoms with Gasteiger partial charge in [0.05, 0.1) is 0 Å². The molecule has 0 spiro atoms. The van der Waals surface area contributed by atoms with Gasteiger partial charge in [0.1, 0.15) is 16.5 Å². The highest BCUT2D eigenvalue weighted by Crippen LogP contribution is 2.34. The second-order valence-corrected chi connectivity index (χ2v) is 7.71. The van der Waals surface area contributed by atoms with Gasteiger partial charge in [-0.15, -0.1) is 11.6 Å². The molecule has 1 aliphatic rings. The normalized spacial score (nSPS) is 26.8. The van der Waals surface area contributed by atoms with Crippen LogP contribution in [0.2, 0.25) is 0 Å². The number of sulfonamides is 1. The van der Waals surface area contributed by atoms with E-state index in [0.29, 0.717) is 24.8 Å². The average Bonchev–Trinajstić information content (AvgIpc) is 2.41. The minimum absolute atomic E-state index is 0.105. The molecule has 2 atom stereocenters. The first-order valence-corrected chi connectivity index (χ1v) is 8.85. The lowest BCUT2D eigenvalue weighted by Gasteiger charge is -2.39. The molecular weight excluding hydrogens is 320 g/mol. The van der Waals surface area contributed by atoms with Crippen LogP contribution in [0.25, 0.3) is 0 Å². The van der Waals surface area contributed by atoms with E-state index in [1.807, 2.05) is 6.92 Å². The van der Waals surface area contributed by atoms with E-state index in [0.717, 1.165) is 25.0 Å². The number of hydrogen-bond acceptors (Lipinski definition) is 2. The monoisotopic (exact) mass is 337 g/mol. The molecule has 1 fully saturated rings. The summed E-state index contributed by atoms with van der Waals surface area (Å²) in [7, 11) is -4.16. The Kier molecular flexibility index (Phi) is 4.90. The Bertz CT molecular complexity index is 623. The third-order valence-electron chi connectivity index (χ3n) is 3.88. The first kappa shape index (κ1) is 16.6. The van der Waals surface area contributed by atoms with Crippen molar-refractivity contribution in [3.05, 3.63) is 29.8 Å². The maximum absolute atomic E-state index is 13.7. The van der Waals surface area contributed by atoms with Crippen molar-refractivity contribution >= 4 is 21.6 Å². The van der Waals surface area contributed by atoms with Crippen LogP contribution in [0.4, 0.5) is 8.78 Å². The summed E-state index contributed by atoms with van der Waals surface area (Å²) in [6, 6.07) is 2.38. The van der Waals surface area contributed by atoms with Crippen molar-refractivity contribution in [3.8, 4) is 0 Å². The van der Waals surface area contributed by atoms with Crippen molar-refractivity contribution in [2.24, 2.45) is 5.92 Å². The van der Waals surface area contributed by atoms with Crippen LogP contribution < -0.4 is 4.72 Å². The van der Waals surface area contributed by atoms with E-state index in [1.54, 1.807) is 0 Å². The highest BCUT2D eigenvalue weighted by atomic mass is 35.5. The fourth-order valence-electron chi connectivity index (χ4n) is 2.92. The maximum Gasteiger partial charge on any atom is 0.244 e. The molecule has 0 heterocycles. The number of hydrogen-bond donors (Lipinski definition) is 1. The average molecular weight is 338 g/mol. The second kappa shape index (κ2) is 6.18. The third kappa shape index (κ3) is 3.73. The summed E-state index contributed by atoms with van der Waals surface area (Å²) in [5.41, 5.74) is -0.795. The molecule has 0 bridgehead atoms. The van der Waals surface area contributed by atoms with E-state index in [-0.39, 0.29) is 5.88 Å². The largest absolute Gasteiger partial charge is 0.244 e. The molecule has 1 aliphatic carbocycles. The first-order chi connectivity index (χ1) is 9.78. The minimum Gasteiger partial charge on any atom is -0.207 e. The smallest absolute Gasteiger partial charge is 0.207 e. The van der Waals surface area contributed by atoms with Gasteiger partial charge < -0.3 is 0 Å². The van der Waals surface area contributed by atoms with Gasteiger partial charge in [0.2, 0.25) is 10.0 Å². The van der Waals surface area contributed by atoms with Gasteiger partial charge in [-0.1, -0.05) is 19.8 Å². The zero-order valence-electron chi connectivity index (χ0n) is 11.7. The predicted octanol–water partition coefficient (Wildman–Crippen LogP) is 3.43. The Morgan fingerprint density at radius 2 is 2.14 bits per heavy atom. The molecular formula is C14H18ClF2NO2S. The Balaban J connectivity index is 2.33. The number of benzene rings is 1. The fraction of sp³-hybridized carbons (Fsp3) is 0.571. The van der Waals surface area contributed by atoms with Gasteiger partial charge in [0.25, 0.3) is 0 Å². The minimum atomic E-state index is -4.16. The molecule has 0 radical (unpaired) electrons. The van der Waals surface area contributed by atoms with Crippen molar-refractivity contribution in [2.75, 3.05) is 5.88 Å². The zero-order valence-corrected chi connectivity index (χ0v) is 13.3. The van der Waals surface area contributed by atoms with Gasteiger partial charge >= 0.3 is 0 Å². The summed E-state index contributed by atoms with van der Waals surface area (Å²) < 4.78 is 54.2. The summed E-state index contributed by atoms with van der Waals surface area (Å²) in [5.74, 6) is -1.34. The molecule has 0 amide bonds. The molecule has 3 nitrogen and oxygen atoms in total. The molecule has 0 aromatic heterocycles. The number of halogens is 3. The lowest BCUT2D eigenvalue weighted by atomic mass is 9.78. The standard InChI is InChI=1S/C14H18ClF2NO2S/c1-10-3-2-6-14(8-10,9-15)18-21(19,20)13-7-11(16)4-5-12(13)17/h4-5,7,10,18H,2-3,6,8-9H2,1H3. The number of rotatable bonds is 4. The van der Waals surface area contributed by atoms with E-state index in [4.69, 9.17) is 11.6 Å². The van der Waals surface area contributed by atoms with Crippen molar-refractivity contribution < 1.29 is 17.2 Å².